The van der Waals surface area contributed by atoms with E-state index < -0.39 is 0 Å². The Morgan fingerprint density at radius 1 is 1.05 bits per heavy atom. The molecule has 1 atom stereocenters. The van der Waals surface area contributed by atoms with Crippen molar-refractivity contribution in [2.45, 2.75) is 19.3 Å². The van der Waals surface area contributed by atoms with Crippen LogP contribution in [-0.4, -0.2) is 42.1 Å². The van der Waals surface area contributed by atoms with Gasteiger partial charge in [0.05, 0.1) is 0 Å². The van der Waals surface area contributed by atoms with Gasteiger partial charge in [0.15, 0.2) is 0 Å². The number of amides is 1. The van der Waals surface area contributed by atoms with Gasteiger partial charge in [-0.25, -0.2) is 0 Å². The highest BCUT2D eigenvalue weighted by Gasteiger charge is 2.27. The van der Waals surface area contributed by atoms with Gasteiger partial charge in [-0.05, 0) is 43.5 Å². The monoisotopic (exact) mass is 286 g/mol. The molecule has 2 aliphatic rings. The number of piperazine rings is 1. The fourth-order valence-corrected chi connectivity index (χ4v) is 3.12. The van der Waals surface area contributed by atoms with Crippen molar-refractivity contribution >= 4 is 11.6 Å². The summed E-state index contributed by atoms with van der Waals surface area (Å²) in [6, 6.07) is 7.28. The number of phenols is 1. The Morgan fingerprint density at radius 2 is 1.76 bits per heavy atom. The lowest BCUT2D eigenvalue weighted by Gasteiger charge is -2.37. The molecule has 112 valence electrons. The maximum absolute atomic E-state index is 12.5. The van der Waals surface area contributed by atoms with Crippen LogP contribution in [0.2, 0.25) is 0 Å². The molecule has 0 spiro atoms. The van der Waals surface area contributed by atoms with E-state index in [9.17, 15) is 9.90 Å². The topological polar surface area (TPSA) is 43.8 Å². The molecule has 1 aromatic carbocycles. The molecule has 0 aromatic heterocycles. The minimum atomic E-state index is 0.190. The zero-order valence-electron chi connectivity index (χ0n) is 12.2. The van der Waals surface area contributed by atoms with Gasteiger partial charge in [-0.2, -0.15) is 0 Å². The van der Waals surface area contributed by atoms with E-state index in [-0.39, 0.29) is 11.7 Å². The molecule has 0 bridgehead atoms. The fraction of sp³-hybridized carbons (Fsp3) is 0.471. The van der Waals surface area contributed by atoms with Crippen LogP contribution >= 0.6 is 0 Å². The lowest BCUT2D eigenvalue weighted by atomic mass is 9.93. The number of hydrogen-bond acceptors (Lipinski definition) is 3. The highest BCUT2D eigenvalue weighted by Crippen LogP contribution is 2.23. The summed E-state index contributed by atoms with van der Waals surface area (Å²) in [6.07, 6.45) is 7.24. The maximum atomic E-state index is 12.5. The number of aromatic hydroxyl groups is 1. The van der Waals surface area contributed by atoms with E-state index in [0.29, 0.717) is 5.91 Å². The molecule has 1 N–H and O–H groups in total. The van der Waals surface area contributed by atoms with Crippen molar-refractivity contribution < 1.29 is 9.90 Å². The predicted molar refractivity (Wildman–Crippen MR) is 83.4 cm³/mol. The van der Waals surface area contributed by atoms with Crippen LogP contribution in [0.15, 0.2) is 36.4 Å². The first-order valence-electron chi connectivity index (χ1n) is 7.72. The van der Waals surface area contributed by atoms with Gasteiger partial charge in [-0.15, -0.1) is 0 Å². The molecule has 1 aliphatic carbocycles. The van der Waals surface area contributed by atoms with Crippen molar-refractivity contribution in [1.82, 2.24) is 4.90 Å². The Hall–Kier alpha value is -1.97. The van der Waals surface area contributed by atoms with E-state index in [4.69, 9.17) is 0 Å². The van der Waals surface area contributed by atoms with Gasteiger partial charge in [0.1, 0.15) is 5.75 Å². The van der Waals surface area contributed by atoms with Gasteiger partial charge < -0.3 is 14.9 Å². The zero-order chi connectivity index (χ0) is 14.7. The van der Waals surface area contributed by atoms with Gasteiger partial charge in [0, 0.05) is 37.8 Å². The average Bonchev–Trinajstić information content (AvgIpc) is 2.56. The van der Waals surface area contributed by atoms with Crippen LogP contribution in [0, 0.1) is 5.92 Å². The molecular formula is C17H22N2O2. The number of carbonyl (C=O) groups excluding carboxylic acids is 1. The first kappa shape index (κ1) is 14.0. The predicted octanol–water partition coefficient (Wildman–Crippen LogP) is 2.40. The molecule has 4 heteroatoms. The molecule has 1 aliphatic heterocycles. The summed E-state index contributed by atoms with van der Waals surface area (Å²) in [5, 5.41) is 9.34. The number of allylic oxidation sites excluding steroid dienone is 2. The maximum Gasteiger partial charge on any atom is 0.226 e. The Balaban J connectivity index is 1.56. The average molecular weight is 286 g/mol. The summed E-state index contributed by atoms with van der Waals surface area (Å²) in [7, 11) is 0. The standard InChI is InChI=1S/C17H22N2O2/c20-16-8-6-15(7-9-16)18-10-12-19(13-11-18)17(21)14-4-2-1-3-5-14/h1-2,6-9,14,20H,3-5,10-13H2/t14-/m0/s1. The number of phenolic OH excluding ortho intramolecular Hbond substituents is 1. The first-order chi connectivity index (χ1) is 10.2. The Kier molecular flexibility index (Phi) is 4.13. The molecule has 1 heterocycles. The van der Waals surface area contributed by atoms with E-state index in [1.165, 1.54) is 0 Å². The van der Waals surface area contributed by atoms with Gasteiger partial charge in [-0.1, -0.05) is 12.2 Å². The lowest BCUT2D eigenvalue weighted by molar-refractivity contribution is -0.136. The molecule has 4 nitrogen and oxygen atoms in total. The van der Waals surface area contributed by atoms with Crippen LogP contribution in [-0.2, 0) is 4.79 Å². The minimum absolute atomic E-state index is 0.190. The largest absolute Gasteiger partial charge is 0.508 e. The molecule has 1 amide bonds. The number of carbonyl (C=O) groups is 1. The number of hydrogen-bond donors (Lipinski definition) is 1. The molecule has 1 fully saturated rings. The van der Waals surface area contributed by atoms with Crippen molar-refractivity contribution in [2.75, 3.05) is 31.1 Å². The van der Waals surface area contributed by atoms with Crippen molar-refractivity contribution in [1.29, 1.82) is 0 Å². The third-order valence-electron chi connectivity index (χ3n) is 4.42. The second-order valence-electron chi connectivity index (χ2n) is 5.81. The van der Waals surface area contributed by atoms with Crippen molar-refractivity contribution in [3.63, 3.8) is 0 Å². The third-order valence-corrected chi connectivity index (χ3v) is 4.42. The van der Waals surface area contributed by atoms with Gasteiger partial charge in [0.2, 0.25) is 5.91 Å². The third kappa shape index (κ3) is 3.20. The van der Waals surface area contributed by atoms with Crippen LogP contribution in [0.5, 0.6) is 5.75 Å². The van der Waals surface area contributed by atoms with E-state index in [1.807, 2.05) is 17.0 Å². The first-order valence-corrected chi connectivity index (χ1v) is 7.72. The highest BCUT2D eigenvalue weighted by molar-refractivity contribution is 5.79. The summed E-state index contributed by atoms with van der Waals surface area (Å²) < 4.78 is 0. The SMILES string of the molecule is O=C([C@H]1CC=CCC1)N1CCN(c2ccc(O)cc2)CC1. The van der Waals surface area contributed by atoms with Crippen LogP contribution in [0.3, 0.4) is 0 Å². The quantitative estimate of drug-likeness (QED) is 0.849. The highest BCUT2D eigenvalue weighted by atomic mass is 16.3. The molecule has 0 saturated carbocycles. The number of anilines is 1. The Morgan fingerprint density at radius 3 is 2.38 bits per heavy atom. The molecule has 21 heavy (non-hydrogen) atoms. The summed E-state index contributed by atoms with van der Waals surface area (Å²) in [6.45, 7) is 3.30. The summed E-state index contributed by atoms with van der Waals surface area (Å²) in [5.74, 6) is 0.804. The second kappa shape index (κ2) is 6.20. The molecule has 0 radical (unpaired) electrons. The normalized spacial score (nSPS) is 22.4. The van der Waals surface area contributed by atoms with Crippen LogP contribution < -0.4 is 4.90 Å². The lowest BCUT2D eigenvalue weighted by Crippen LogP contribution is -2.50. The molecule has 3 rings (SSSR count). The Labute approximate surface area is 125 Å². The van der Waals surface area contributed by atoms with Gasteiger partial charge >= 0.3 is 0 Å². The van der Waals surface area contributed by atoms with Crippen LogP contribution in [0.4, 0.5) is 5.69 Å². The summed E-state index contributed by atoms with van der Waals surface area (Å²) in [5.41, 5.74) is 1.11. The zero-order valence-corrected chi connectivity index (χ0v) is 12.2. The van der Waals surface area contributed by atoms with Gasteiger partial charge in [-0.3, -0.25) is 4.79 Å². The molecular weight excluding hydrogens is 264 g/mol. The van der Waals surface area contributed by atoms with E-state index in [1.54, 1.807) is 12.1 Å². The van der Waals surface area contributed by atoms with Crippen molar-refractivity contribution in [3.05, 3.63) is 36.4 Å². The van der Waals surface area contributed by atoms with Gasteiger partial charge in [0.25, 0.3) is 0 Å². The van der Waals surface area contributed by atoms with Crippen LogP contribution in [0.25, 0.3) is 0 Å². The molecule has 0 unspecified atom stereocenters. The molecule has 1 aromatic rings. The van der Waals surface area contributed by atoms with E-state index in [2.05, 4.69) is 17.1 Å². The second-order valence-corrected chi connectivity index (χ2v) is 5.81. The summed E-state index contributed by atoms with van der Waals surface area (Å²) in [4.78, 5) is 16.8. The smallest absolute Gasteiger partial charge is 0.226 e. The Bertz CT molecular complexity index is 516. The van der Waals surface area contributed by atoms with Crippen molar-refractivity contribution in [3.8, 4) is 5.75 Å². The molecule has 1 saturated heterocycles. The van der Waals surface area contributed by atoms with Crippen LogP contribution in [0.1, 0.15) is 19.3 Å². The number of benzene rings is 1. The number of nitrogens with zero attached hydrogens (tertiary/aromatic N) is 2. The van der Waals surface area contributed by atoms with E-state index in [0.717, 1.165) is 51.1 Å². The summed E-state index contributed by atoms with van der Waals surface area (Å²) >= 11 is 0. The van der Waals surface area contributed by atoms with E-state index >= 15 is 0 Å². The van der Waals surface area contributed by atoms with Crippen molar-refractivity contribution in [2.24, 2.45) is 5.92 Å². The minimum Gasteiger partial charge on any atom is -0.508 e. The number of rotatable bonds is 2. The fourth-order valence-electron chi connectivity index (χ4n) is 3.12.